The molecule has 0 aliphatic carbocycles. The van der Waals surface area contributed by atoms with E-state index < -0.39 is 0 Å². The highest BCUT2D eigenvalue weighted by atomic mass is 32.2. The van der Waals surface area contributed by atoms with Gasteiger partial charge in [-0.05, 0) is 36.8 Å². The monoisotopic (exact) mass is 325 g/mol. The first-order valence-corrected chi connectivity index (χ1v) is 8.12. The molecule has 23 heavy (non-hydrogen) atoms. The Bertz CT molecular complexity index is 748. The van der Waals surface area contributed by atoms with E-state index >= 15 is 0 Å². The topological polar surface area (TPSA) is 67.2 Å². The highest BCUT2D eigenvalue weighted by Crippen LogP contribution is 2.17. The van der Waals surface area contributed by atoms with E-state index in [2.05, 4.69) is 6.07 Å². The first-order chi connectivity index (χ1) is 11.1. The molecule has 4 nitrogen and oxygen atoms in total. The molecule has 2 aromatic carbocycles. The SMILES string of the molecule is CC(=O)c1cccc(OC(=O)CSCc2ccc(C#N)cc2)c1. The van der Waals surface area contributed by atoms with Gasteiger partial charge >= 0.3 is 5.97 Å². The number of ether oxygens (including phenoxy) is 1. The van der Waals surface area contributed by atoms with Crippen molar-refractivity contribution in [2.75, 3.05) is 5.75 Å². The van der Waals surface area contributed by atoms with Crippen LogP contribution in [0.25, 0.3) is 0 Å². The van der Waals surface area contributed by atoms with Crippen LogP contribution in [0.3, 0.4) is 0 Å². The van der Waals surface area contributed by atoms with Crippen molar-refractivity contribution in [3.63, 3.8) is 0 Å². The molecule has 0 amide bonds. The van der Waals surface area contributed by atoms with Gasteiger partial charge in [-0.25, -0.2) is 0 Å². The van der Waals surface area contributed by atoms with E-state index in [-0.39, 0.29) is 17.5 Å². The Balaban J connectivity index is 1.82. The average molecular weight is 325 g/mol. The molecular formula is C18H15NO3S. The summed E-state index contributed by atoms with van der Waals surface area (Å²) in [6, 6.07) is 15.9. The normalized spacial score (nSPS) is 9.91. The Morgan fingerprint density at radius 1 is 1.17 bits per heavy atom. The number of benzene rings is 2. The summed E-state index contributed by atoms with van der Waals surface area (Å²) in [5, 5.41) is 8.73. The highest BCUT2D eigenvalue weighted by molar-refractivity contribution is 7.99. The predicted molar refractivity (Wildman–Crippen MR) is 89.4 cm³/mol. The van der Waals surface area contributed by atoms with Gasteiger partial charge in [-0.1, -0.05) is 24.3 Å². The third kappa shape index (κ3) is 5.28. The maximum atomic E-state index is 11.8. The fraction of sp³-hybridized carbons (Fsp3) is 0.167. The summed E-state index contributed by atoms with van der Waals surface area (Å²) in [6.45, 7) is 1.47. The van der Waals surface area contributed by atoms with Gasteiger partial charge in [0.05, 0.1) is 17.4 Å². The average Bonchev–Trinajstić information content (AvgIpc) is 2.55. The lowest BCUT2D eigenvalue weighted by Gasteiger charge is -2.05. The quantitative estimate of drug-likeness (QED) is 0.461. The Labute approximate surface area is 139 Å². The lowest BCUT2D eigenvalue weighted by Crippen LogP contribution is -2.11. The van der Waals surface area contributed by atoms with E-state index in [0.29, 0.717) is 22.6 Å². The van der Waals surface area contributed by atoms with Gasteiger partial charge in [0.2, 0.25) is 0 Å². The van der Waals surface area contributed by atoms with Crippen LogP contribution in [0.15, 0.2) is 48.5 Å². The summed E-state index contributed by atoms with van der Waals surface area (Å²) in [5.41, 5.74) is 2.17. The molecule has 0 saturated heterocycles. The number of rotatable bonds is 6. The molecule has 5 heteroatoms. The summed E-state index contributed by atoms with van der Waals surface area (Å²) >= 11 is 1.43. The van der Waals surface area contributed by atoms with Gasteiger partial charge in [0.25, 0.3) is 0 Å². The van der Waals surface area contributed by atoms with E-state index in [9.17, 15) is 9.59 Å². The van der Waals surface area contributed by atoms with Crippen molar-refractivity contribution in [1.82, 2.24) is 0 Å². The van der Waals surface area contributed by atoms with Crippen LogP contribution in [0.2, 0.25) is 0 Å². The number of ketones is 1. The largest absolute Gasteiger partial charge is 0.426 e. The van der Waals surface area contributed by atoms with Crippen molar-refractivity contribution in [2.45, 2.75) is 12.7 Å². The molecule has 0 bridgehead atoms. The van der Waals surface area contributed by atoms with Gasteiger partial charge in [-0.2, -0.15) is 5.26 Å². The van der Waals surface area contributed by atoms with Crippen LogP contribution < -0.4 is 4.74 Å². The second-order valence-corrected chi connectivity index (χ2v) is 5.85. The Hall–Kier alpha value is -2.58. The van der Waals surface area contributed by atoms with Gasteiger partial charge in [0.1, 0.15) is 5.75 Å². The van der Waals surface area contributed by atoms with Crippen LogP contribution in [0.4, 0.5) is 0 Å². The Morgan fingerprint density at radius 3 is 2.57 bits per heavy atom. The number of hydrogen-bond donors (Lipinski definition) is 0. The fourth-order valence-corrected chi connectivity index (χ4v) is 2.62. The van der Waals surface area contributed by atoms with E-state index in [4.69, 9.17) is 10.00 Å². The minimum Gasteiger partial charge on any atom is -0.426 e. The summed E-state index contributed by atoms with van der Waals surface area (Å²) in [7, 11) is 0. The molecule has 0 heterocycles. The number of carbonyl (C=O) groups is 2. The lowest BCUT2D eigenvalue weighted by molar-refractivity contribution is -0.131. The molecule has 0 aliphatic heterocycles. The summed E-state index contributed by atoms with van der Waals surface area (Å²) in [4.78, 5) is 23.1. The van der Waals surface area contributed by atoms with Crippen molar-refractivity contribution in [1.29, 1.82) is 5.26 Å². The summed E-state index contributed by atoms with van der Waals surface area (Å²) in [5.74, 6) is 0.822. The van der Waals surface area contributed by atoms with Gasteiger partial charge in [-0.3, -0.25) is 9.59 Å². The molecule has 0 aliphatic rings. The lowest BCUT2D eigenvalue weighted by atomic mass is 10.1. The maximum absolute atomic E-state index is 11.8. The van der Waals surface area contributed by atoms with Crippen LogP contribution in [0, 0.1) is 11.3 Å². The second kappa shape index (κ2) is 8.16. The van der Waals surface area contributed by atoms with Crippen molar-refractivity contribution >= 4 is 23.5 Å². The van der Waals surface area contributed by atoms with Crippen LogP contribution >= 0.6 is 11.8 Å². The molecule has 0 saturated carbocycles. The smallest absolute Gasteiger partial charge is 0.321 e. The summed E-state index contributed by atoms with van der Waals surface area (Å²) < 4.78 is 5.22. The molecule has 0 spiro atoms. The Kier molecular flexibility index (Phi) is 5.95. The third-order valence-electron chi connectivity index (χ3n) is 3.04. The van der Waals surface area contributed by atoms with E-state index in [1.165, 1.54) is 18.7 Å². The van der Waals surface area contributed by atoms with E-state index in [0.717, 1.165) is 5.56 Å². The molecule has 0 unspecified atom stereocenters. The third-order valence-corrected chi connectivity index (χ3v) is 4.02. The molecule has 116 valence electrons. The predicted octanol–water partition coefficient (Wildman–Crippen LogP) is 3.60. The molecule has 2 aromatic rings. The zero-order chi connectivity index (χ0) is 16.7. The molecule has 0 atom stereocenters. The van der Waals surface area contributed by atoms with Crippen molar-refractivity contribution in [3.8, 4) is 11.8 Å². The number of carbonyl (C=O) groups excluding carboxylic acids is 2. The highest BCUT2D eigenvalue weighted by Gasteiger charge is 2.07. The number of esters is 1. The number of nitriles is 1. The number of nitrogens with zero attached hydrogens (tertiary/aromatic N) is 1. The first kappa shape index (κ1) is 16.8. The van der Waals surface area contributed by atoms with Gasteiger partial charge in [-0.15, -0.1) is 11.8 Å². The number of hydrogen-bond acceptors (Lipinski definition) is 5. The number of thioether (sulfide) groups is 1. The van der Waals surface area contributed by atoms with Gasteiger partial charge in [0, 0.05) is 11.3 Å². The van der Waals surface area contributed by atoms with Crippen molar-refractivity contribution < 1.29 is 14.3 Å². The van der Waals surface area contributed by atoms with Gasteiger partial charge < -0.3 is 4.74 Å². The number of Topliss-reactive ketones (excluding diaryl/α,β-unsaturated/α-hetero) is 1. The van der Waals surface area contributed by atoms with E-state index in [1.54, 1.807) is 36.4 Å². The molecular weight excluding hydrogens is 310 g/mol. The van der Waals surface area contributed by atoms with Crippen LogP contribution in [0.1, 0.15) is 28.4 Å². The van der Waals surface area contributed by atoms with Gasteiger partial charge in [0.15, 0.2) is 5.78 Å². The zero-order valence-electron chi connectivity index (χ0n) is 12.6. The second-order valence-electron chi connectivity index (χ2n) is 4.86. The van der Waals surface area contributed by atoms with Crippen molar-refractivity contribution in [2.24, 2.45) is 0 Å². The molecule has 0 fully saturated rings. The molecule has 0 N–H and O–H groups in total. The van der Waals surface area contributed by atoms with E-state index in [1.807, 2.05) is 12.1 Å². The standard InChI is InChI=1S/C18H15NO3S/c1-13(20)16-3-2-4-17(9-16)22-18(21)12-23-11-15-7-5-14(10-19)6-8-15/h2-9H,11-12H2,1H3. The maximum Gasteiger partial charge on any atom is 0.321 e. The van der Waals surface area contributed by atoms with Crippen LogP contribution in [-0.4, -0.2) is 17.5 Å². The Morgan fingerprint density at radius 2 is 1.91 bits per heavy atom. The molecule has 0 aromatic heterocycles. The zero-order valence-corrected chi connectivity index (χ0v) is 13.4. The van der Waals surface area contributed by atoms with Crippen LogP contribution in [0.5, 0.6) is 5.75 Å². The minimum absolute atomic E-state index is 0.0712. The molecule has 2 rings (SSSR count). The fourth-order valence-electron chi connectivity index (χ4n) is 1.87. The minimum atomic E-state index is -0.357. The summed E-state index contributed by atoms with van der Waals surface area (Å²) in [6.07, 6.45) is 0. The first-order valence-electron chi connectivity index (χ1n) is 6.97. The molecule has 0 radical (unpaired) electrons. The van der Waals surface area contributed by atoms with Crippen LogP contribution in [-0.2, 0) is 10.5 Å². The van der Waals surface area contributed by atoms with Crippen molar-refractivity contribution in [3.05, 3.63) is 65.2 Å².